The predicted molar refractivity (Wildman–Crippen MR) is 133 cm³/mol. The maximum atomic E-state index is 13.9. The van der Waals surface area contributed by atoms with Crippen molar-refractivity contribution in [3.05, 3.63) is 83.4 Å². The van der Waals surface area contributed by atoms with Crippen molar-refractivity contribution >= 4 is 58.1 Å². The molecule has 34 heavy (non-hydrogen) atoms. The number of thioether (sulfide) groups is 1. The molecule has 2 aliphatic rings. The number of carbonyl (C=O) groups is 3. The molecule has 3 aromatic carbocycles. The minimum atomic E-state index is -1.25. The van der Waals surface area contributed by atoms with E-state index in [1.54, 1.807) is 29.2 Å². The SMILES string of the molecule is COc1ccc(NC(=O)CN2C(=O)[C@@]3(SCC(=O)N3c3ccccc3)c3ccccc32)cc1Cl. The van der Waals surface area contributed by atoms with E-state index in [9.17, 15) is 14.4 Å². The Morgan fingerprint density at radius 2 is 1.82 bits per heavy atom. The quantitative estimate of drug-likeness (QED) is 0.574. The van der Waals surface area contributed by atoms with E-state index >= 15 is 0 Å². The Labute approximate surface area is 205 Å². The molecule has 1 fully saturated rings. The van der Waals surface area contributed by atoms with Crippen LogP contribution in [0.25, 0.3) is 0 Å². The Kier molecular flexibility index (Phi) is 5.71. The van der Waals surface area contributed by atoms with E-state index < -0.39 is 4.87 Å². The van der Waals surface area contributed by atoms with Crippen LogP contribution in [-0.4, -0.2) is 37.1 Å². The van der Waals surface area contributed by atoms with Gasteiger partial charge in [0, 0.05) is 16.9 Å². The van der Waals surface area contributed by atoms with Crippen LogP contribution in [0.3, 0.4) is 0 Å². The van der Waals surface area contributed by atoms with E-state index in [1.165, 1.54) is 23.8 Å². The molecule has 172 valence electrons. The third-order valence-corrected chi connectivity index (χ3v) is 7.50. The minimum Gasteiger partial charge on any atom is -0.495 e. The average molecular weight is 494 g/mol. The summed E-state index contributed by atoms with van der Waals surface area (Å²) in [6.07, 6.45) is 0. The monoisotopic (exact) mass is 493 g/mol. The first-order chi connectivity index (χ1) is 16.5. The van der Waals surface area contributed by atoms with Crippen LogP contribution in [0.2, 0.25) is 5.02 Å². The molecule has 1 saturated heterocycles. The molecule has 9 heteroatoms. The van der Waals surface area contributed by atoms with Crippen molar-refractivity contribution in [2.45, 2.75) is 4.87 Å². The lowest BCUT2D eigenvalue weighted by atomic mass is 10.0. The number of ether oxygens (including phenoxy) is 1. The zero-order valence-electron chi connectivity index (χ0n) is 18.2. The van der Waals surface area contributed by atoms with E-state index in [1.807, 2.05) is 48.5 Å². The fourth-order valence-corrected chi connectivity index (χ4v) is 5.99. The number of hydrogen-bond donors (Lipinski definition) is 1. The van der Waals surface area contributed by atoms with Gasteiger partial charge in [0.2, 0.25) is 16.7 Å². The zero-order chi connectivity index (χ0) is 23.9. The van der Waals surface area contributed by atoms with Gasteiger partial charge in [-0.1, -0.05) is 48.0 Å². The second kappa shape index (κ2) is 8.70. The smallest absolute Gasteiger partial charge is 0.269 e. The van der Waals surface area contributed by atoms with E-state index in [0.717, 1.165) is 0 Å². The fourth-order valence-electron chi connectivity index (χ4n) is 4.38. The number of nitrogens with zero attached hydrogens (tertiary/aromatic N) is 2. The van der Waals surface area contributed by atoms with Crippen LogP contribution in [0.1, 0.15) is 5.56 Å². The largest absolute Gasteiger partial charge is 0.495 e. The molecular formula is C25H20ClN3O4S. The summed E-state index contributed by atoms with van der Waals surface area (Å²) in [5, 5.41) is 3.15. The fraction of sp³-hybridized carbons (Fsp3) is 0.160. The minimum absolute atomic E-state index is 0.154. The van der Waals surface area contributed by atoms with Gasteiger partial charge in [0.05, 0.1) is 23.6 Å². The van der Waals surface area contributed by atoms with Crippen molar-refractivity contribution in [1.82, 2.24) is 0 Å². The van der Waals surface area contributed by atoms with Crippen molar-refractivity contribution in [2.24, 2.45) is 0 Å². The summed E-state index contributed by atoms with van der Waals surface area (Å²) in [5.41, 5.74) is 2.43. The number of nitrogens with one attached hydrogen (secondary N) is 1. The van der Waals surface area contributed by atoms with Gasteiger partial charge in [-0.25, -0.2) is 0 Å². The molecule has 2 heterocycles. The standard InChI is InChI=1S/C25H20ClN3O4S/c1-33-21-12-11-16(13-19(21)26)27-22(30)14-28-20-10-6-5-9-18(20)25(24(28)32)29(23(31)15-34-25)17-7-3-2-4-8-17/h2-13H,14-15H2,1H3,(H,27,30)/t25-/m0/s1. The third kappa shape index (κ3) is 3.50. The number of halogens is 1. The highest BCUT2D eigenvalue weighted by atomic mass is 35.5. The van der Waals surface area contributed by atoms with Gasteiger partial charge in [-0.3, -0.25) is 24.2 Å². The van der Waals surface area contributed by atoms with Gasteiger partial charge in [-0.05, 0) is 36.4 Å². The van der Waals surface area contributed by atoms with Gasteiger partial charge in [0.15, 0.2) is 0 Å². The molecule has 1 spiro atoms. The van der Waals surface area contributed by atoms with Crippen molar-refractivity contribution in [2.75, 3.05) is 34.5 Å². The van der Waals surface area contributed by atoms with Crippen LogP contribution >= 0.6 is 23.4 Å². The average Bonchev–Trinajstić information content (AvgIpc) is 3.30. The molecular weight excluding hydrogens is 474 g/mol. The van der Waals surface area contributed by atoms with Gasteiger partial charge < -0.3 is 10.1 Å². The normalized spacial score (nSPS) is 19.0. The predicted octanol–water partition coefficient (Wildman–Crippen LogP) is 4.27. The van der Waals surface area contributed by atoms with Crippen LogP contribution in [0, 0.1) is 0 Å². The highest BCUT2D eigenvalue weighted by Crippen LogP contribution is 2.55. The molecule has 7 nitrogen and oxygen atoms in total. The Morgan fingerprint density at radius 1 is 1.09 bits per heavy atom. The third-order valence-electron chi connectivity index (χ3n) is 5.82. The summed E-state index contributed by atoms with van der Waals surface area (Å²) >= 11 is 7.44. The summed E-state index contributed by atoms with van der Waals surface area (Å²) in [4.78, 5) is 41.6. The Morgan fingerprint density at radius 3 is 2.56 bits per heavy atom. The summed E-state index contributed by atoms with van der Waals surface area (Å²) in [6.45, 7) is -0.210. The van der Waals surface area contributed by atoms with Crippen molar-refractivity contribution in [3.63, 3.8) is 0 Å². The lowest BCUT2D eigenvalue weighted by Gasteiger charge is -2.33. The summed E-state index contributed by atoms with van der Waals surface area (Å²) in [5.74, 6) is -0.203. The van der Waals surface area contributed by atoms with Crippen molar-refractivity contribution in [1.29, 1.82) is 0 Å². The highest BCUT2D eigenvalue weighted by Gasteiger charge is 2.61. The van der Waals surface area contributed by atoms with E-state index in [2.05, 4.69) is 5.32 Å². The first kappa shape index (κ1) is 22.3. The Hall–Kier alpha value is -3.49. The molecule has 0 unspecified atom stereocenters. The van der Waals surface area contributed by atoms with Gasteiger partial charge in [0.1, 0.15) is 12.3 Å². The molecule has 0 saturated carbocycles. The van der Waals surface area contributed by atoms with Crippen molar-refractivity contribution < 1.29 is 19.1 Å². The lowest BCUT2D eigenvalue weighted by Crippen LogP contribution is -2.50. The Bertz CT molecular complexity index is 1300. The van der Waals surface area contributed by atoms with Crippen molar-refractivity contribution in [3.8, 4) is 5.75 Å². The van der Waals surface area contributed by atoms with Crippen LogP contribution in [-0.2, 0) is 19.3 Å². The number of hydrogen-bond acceptors (Lipinski definition) is 5. The molecule has 0 aromatic heterocycles. The molecule has 3 aromatic rings. The Balaban J connectivity index is 1.47. The first-order valence-corrected chi connectivity index (χ1v) is 11.9. The molecule has 1 atom stereocenters. The molecule has 0 bridgehead atoms. The number of benzene rings is 3. The molecule has 0 radical (unpaired) electrons. The second-order valence-corrected chi connectivity index (χ2v) is 9.38. The van der Waals surface area contributed by atoms with Crippen LogP contribution in [0.4, 0.5) is 17.1 Å². The number of carbonyl (C=O) groups excluding carboxylic acids is 3. The number of rotatable bonds is 5. The van der Waals surface area contributed by atoms with Gasteiger partial charge in [-0.2, -0.15) is 0 Å². The van der Waals surface area contributed by atoms with Crippen LogP contribution in [0.15, 0.2) is 72.8 Å². The van der Waals surface area contributed by atoms with Crippen LogP contribution in [0.5, 0.6) is 5.75 Å². The summed E-state index contributed by atoms with van der Waals surface area (Å²) < 4.78 is 5.14. The van der Waals surface area contributed by atoms with Gasteiger partial charge >= 0.3 is 0 Å². The number of methoxy groups -OCH3 is 1. The van der Waals surface area contributed by atoms with E-state index in [4.69, 9.17) is 16.3 Å². The maximum absolute atomic E-state index is 13.9. The van der Waals surface area contributed by atoms with E-state index in [0.29, 0.717) is 33.4 Å². The van der Waals surface area contributed by atoms with Gasteiger partial charge in [-0.15, -0.1) is 11.8 Å². The first-order valence-electron chi connectivity index (χ1n) is 10.5. The zero-order valence-corrected chi connectivity index (χ0v) is 19.7. The molecule has 2 aliphatic heterocycles. The molecule has 0 aliphatic carbocycles. The highest BCUT2D eigenvalue weighted by molar-refractivity contribution is 8.02. The number of anilines is 3. The maximum Gasteiger partial charge on any atom is 0.269 e. The number of fused-ring (bicyclic) bond motifs is 2. The number of para-hydroxylation sites is 2. The van der Waals surface area contributed by atoms with E-state index in [-0.39, 0.29) is 30.0 Å². The molecule has 3 amide bonds. The molecule has 1 N–H and O–H groups in total. The lowest BCUT2D eigenvalue weighted by molar-refractivity contribution is -0.124. The van der Waals surface area contributed by atoms with Gasteiger partial charge in [0.25, 0.3) is 5.91 Å². The summed E-state index contributed by atoms with van der Waals surface area (Å²) in [7, 11) is 1.51. The topological polar surface area (TPSA) is 79.0 Å². The van der Waals surface area contributed by atoms with Crippen LogP contribution < -0.4 is 19.9 Å². The number of amides is 3. The molecule has 5 rings (SSSR count). The second-order valence-electron chi connectivity index (χ2n) is 7.80. The summed E-state index contributed by atoms with van der Waals surface area (Å²) in [6, 6.07) is 21.3.